The molecule has 0 fully saturated rings. The van der Waals surface area contributed by atoms with Gasteiger partial charge in [0.2, 0.25) is 0 Å². The second kappa shape index (κ2) is 4.51. The highest BCUT2D eigenvalue weighted by atomic mass is 16.3. The van der Waals surface area contributed by atoms with Gasteiger partial charge in [0.15, 0.2) is 0 Å². The summed E-state index contributed by atoms with van der Waals surface area (Å²) in [6.07, 6.45) is 3.60. The Morgan fingerprint density at radius 2 is 1.69 bits per heavy atom. The number of hydrogen-bond acceptors (Lipinski definition) is 1. The van der Waals surface area contributed by atoms with E-state index in [1.54, 1.807) is 13.0 Å². The van der Waals surface area contributed by atoms with Crippen LogP contribution in [0.1, 0.15) is 19.4 Å². The van der Waals surface area contributed by atoms with Crippen molar-refractivity contribution in [3.8, 4) is 0 Å². The third-order valence-corrected chi connectivity index (χ3v) is 1.80. The van der Waals surface area contributed by atoms with Crippen molar-refractivity contribution in [2.24, 2.45) is 0 Å². The third kappa shape index (κ3) is 3.16. The molecule has 0 unspecified atom stereocenters. The minimum atomic E-state index is 0.329. The summed E-state index contributed by atoms with van der Waals surface area (Å²) in [7, 11) is 0. The van der Waals surface area contributed by atoms with Crippen molar-refractivity contribution in [1.29, 1.82) is 0 Å². The molecule has 0 aromatic heterocycles. The first-order valence-electron chi connectivity index (χ1n) is 4.29. The number of allylic oxidation sites excluding steroid dienone is 4. The van der Waals surface area contributed by atoms with Gasteiger partial charge in [0.05, 0.1) is 5.76 Å². The van der Waals surface area contributed by atoms with Crippen LogP contribution in [0.25, 0.3) is 5.57 Å². The number of aliphatic hydroxyl groups is 1. The van der Waals surface area contributed by atoms with Crippen molar-refractivity contribution in [2.75, 3.05) is 0 Å². The highest BCUT2D eigenvalue weighted by molar-refractivity contribution is 5.64. The lowest BCUT2D eigenvalue weighted by atomic mass is 10.1. The zero-order valence-corrected chi connectivity index (χ0v) is 7.99. The standard InChI is InChI=1S/C12H14O/c1-10(8-9-11(2)13)12-6-4-3-5-7-12/h3-9,13H,1-2H3/b10-8+,11-9+. The van der Waals surface area contributed by atoms with Gasteiger partial charge >= 0.3 is 0 Å². The van der Waals surface area contributed by atoms with Crippen molar-refractivity contribution in [1.82, 2.24) is 0 Å². The van der Waals surface area contributed by atoms with Crippen LogP contribution in [-0.2, 0) is 0 Å². The summed E-state index contributed by atoms with van der Waals surface area (Å²) >= 11 is 0. The summed E-state index contributed by atoms with van der Waals surface area (Å²) in [4.78, 5) is 0. The molecule has 0 spiro atoms. The van der Waals surface area contributed by atoms with Crippen molar-refractivity contribution < 1.29 is 5.11 Å². The van der Waals surface area contributed by atoms with Gasteiger partial charge in [-0.05, 0) is 31.1 Å². The molecule has 0 bridgehead atoms. The van der Waals surface area contributed by atoms with Gasteiger partial charge in [-0.3, -0.25) is 0 Å². The predicted octanol–water partition coefficient (Wildman–Crippen LogP) is 3.55. The Balaban J connectivity index is 2.86. The first kappa shape index (κ1) is 9.59. The van der Waals surface area contributed by atoms with Gasteiger partial charge in [0.25, 0.3) is 0 Å². The van der Waals surface area contributed by atoms with E-state index in [0.717, 1.165) is 5.57 Å². The van der Waals surface area contributed by atoms with E-state index in [1.165, 1.54) is 5.56 Å². The van der Waals surface area contributed by atoms with E-state index in [9.17, 15) is 0 Å². The Hall–Kier alpha value is -1.50. The van der Waals surface area contributed by atoms with Crippen LogP contribution in [0.15, 0.2) is 48.2 Å². The normalized spacial score (nSPS) is 13.1. The highest BCUT2D eigenvalue weighted by Crippen LogP contribution is 2.12. The van der Waals surface area contributed by atoms with Crippen LogP contribution in [0, 0.1) is 0 Å². The average molecular weight is 174 g/mol. The zero-order chi connectivity index (χ0) is 9.68. The molecule has 1 aromatic rings. The van der Waals surface area contributed by atoms with E-state index < -0.39 is 0 Å². The molecule has 0 aliphatic carbocycles. The van der Waals surface area contributed by atoms with E-state index in [1.807, 2.05) is 43.3 Å². The van der Waals surface area contributed by atoms with Gasteiger partial charge < -0.3 is 5.11 Å². The van der Waals surface area contributed by atoms with E-state index in [4.69, 9.17) is 5.11 Å². The lowest BCUT2D eigenvalue weighted by Gasteiger charge is -1.98. The summed E-state index contributed by atoms with van der Waals surface area (Å²) < 4.78 is 0. The number of benzene rings is 1. The SMILES string of the molecule is C/C(O)=C\C=C(/C)c1ccccc1. The highest BCUT2D eigenvalue weighted by Gasteiger charge is 1.90. The van der Waals surface area contributed by atoms with Crippen LogP contribution in [0.2, 0.25) is 0 Å². The maximum absolute atomic E-state index is 8.96. The molecule has 1 nitrogen and oxygen atoms in total. The molecular formula is C12H14O. The Bertz CT molecular complexity index is 316. The van der Waals surface area contributed by atoms with Gasteiger partial charge in [-0.15, -0.1) is 0 Å². The summed E-state index contributed by atoms with van der Waals surface area (Å²) in [5, 5.41) is 8.96. The average Bonchev–Trinajstić information content (AvgIpc) is 2.15. The predicted molar refractivity (Wildman–Crippen MR) is 56.5 cm³/mol. The molecule has 0 amide bonds. The van der Waals surface area contributed by atoms with Crippen molar-refractivity contribution in [3.05, 3.63) is 53.8 Å². The van der Waals surface area contributed by atoms with Crippen LogP contribution in [0.3, 0.4) is 0 Å². The Morgan fingerprint density at radius 1 is 1.08 bits per heavy atom. The lowest BCUT2D eigenvalue weighted by molar-refractivity contribution is 0.414. The van der Waals surface area contributed by atoms with Gasteiger partial charge in [0.1, 0.15) is 0 Å². The second-order valence-electron chi connectivity index (χ2n) is 3.02. The first-order valence-corrected chi connectivity index (χ1v) is 4.29. The van der Waals surface area contributed by atoms with Gasteiger partial charge in [0, 0.05) is 0 Å². The largest absolute Gasteiger partial charge is 0.513 e. The van der Waals surface area contributed by atoms with Crippen LogP contribution in [-0.4, -0.2) is 5.11 Å². The summed E-state index contributed by atoms with van der Waals surface area (Å²) in [6, 6.07) is 10.1. The maximum Gasteiger partial charge on any atom is 0.0891 e. The zero-order valence-electron chi connectivity index (χ0n) is 7.99. The van der Waals surface area contributed by atoms with E-state index >= 15 is 0 Å². The van der Waals surface area contributed by atoms with E-state index in [2.05, 4.69) is 0 Å². The smallest absolute Gasteiger partial charge is 0.0891 e. The van der Waals surface area contributed by atoms with E-state index in [-0.39, 0.29) is 0 Å². The fourth-order valence-electron chi connectivity index (χ4n) is 1.04. The fourth-order valence-corrected chi connectivity index (χ4v) is 1.04. The lowest BCUT2D eigenvalue weighted by Crippen LogP contribution is -1.77. The molecule has 0 atom stereocenters. The first-order chi connectivity index (χ1) is 6.20. The Kier molecular flexibility index (Phi) is 3.32. The van der Waals surface area contributed by atoms with Crippen molar-refractivity contribution >= 4 is 5.57 Å². The quantitative estimate of drug-likeness (QED) is 0.537. The molecule has 0 radical (unpaired) electrons. The molecular weight excluding hydrogens is 160 g/mol. The molecule has 0 saturated carbocycles. The van der Waals surface area contributed by atoms with Crippen LogP contribution in [0.5, 0.6) is 0 Å². The molecule has 1 rings (SSSR count). The van der Waals surface area contributed by atoms with Crippen molar-refractivity contribution in [3.63, 3.8) is 0 Å². The van der Waals surface area contributed by atoms with Crippen LogP contribution >= 0.6 is 0 Å². The van der Waals surface area contributed by atoms with Gasteiger partial charge in [-0.25, -0.2) is 0 Å². The van der Waals surface area contributed by atoms with Gasteiger partial charge in [-0.2, -0.15) is 0 Å². The number of hydrogen-bond donors (Lipinski definition) is 1. The molecule has 0 heterocycles. The molecule has 1 N–H and O–H groups in total. The van der Waals surface area contributed by atoms with Crippen molar-refractivity contribution in [2.45, 2.75) is 13.8 Å². The van der Waals surface area contributed by atoms with Gasteiger partial charge in [-0.1, -0.05) is 36.4 Å². The van der Waals surface area contributed by atoms with Crippen LogP contribution in [0.4, 0.5) is 0 Å². The number of rotatable bonds is 2. The Morgan fingerprint density at radius 3 is 2.23 bits per heavy atom. The topological polar surface area (TPSA) is 20.2 Å². The maximum atomic E-state index is 8.96. The minimum absolute atomic E-state index is 0.329. The summed E-state index contributed by atoms with van der Waals surface area (Å²) in [5.74, 6) is 0.329. The molecule has 0 saturated heterocycles. The van der Waals surface area contributed by atoms with E-state index in [0.29, 0.717) is 5.76 Å². The summed E-state index contributed by atoms with van der Waals surface area (Å²) in [5.41, 5.74) is 2.33. The minimum Gasteiger partial charge on any atom is -0.513 e. The molecule has 1 aromatic carbocycles. The number of aliphatic hydroxyl groups excluding tert-OH is 1. The molecule has 1 heteroatoms. The monoisotopic (exact) mass is 174 g/mol. The molecule has 13 heavy (non-hydrogen) atoms. The fraction of sp³-hybridized carbons (Fsp3) is 0.167. The molecule has 0 aliphatic heterocycles. The molecule has 0 aliphatic rings. The Labute approximate surface area is 79.0 Å². The molecule has 68 valence electrons. The van der Waals surface area contributed by atoms with Crippen LogP contribution < -0.4 is 0 Å². The second-order valence-corrected chi connectivity index (χ2v) is 3.02. The third-order valence-electron chi connectivity index (χ3n) is 1.80. The summed E-state index contributed by atoms with van der Waals surface area (Å²) in [6.45, 7) is 3.68.